The van der Waals surface area contributed by atoms with E-state index >= 15 is 0 Å². The number of anilines is 1. The van der Waals surface area contributed by atoms with Crippen LogP contribution in [0, 0.1) is 0 Å². The largest absolute Gasteiger partial charge is 0.497 e. The lowest BCUT2D eigenvalue weighted by Crippen LogP contribution is -2.49. The summed E-state index contributed by atoms with van der Waals surface area (Å²) in [6.45, 7) is 0.0639. The molecule has 3 heterocycles. The molecule has 0 spiro atoms. The molecule has 2 aliphatic heterocycles. The molecule has 2 unspecified atom stereocenters. The van der Waals surface area contributed by atoms with Crippen molar-refractivity contribution in [1.29, 1.82) is 0 Å². The molecule has 3 aromatic rings. The highest BCUT2D eigenvalue weighted by Crippen LogP contribution is 2.36. The zero-order valence-electron chi connectivity index (χ0n) is 20.3. The molecule has 1 fully saturated rings. The number of nitrogens with one attached hydrogen (secondary N) is 2. The molecular weight excluding hydrogens is 516 g/mol. The lowest BCUT2D eigenvalue weighted by Gasteiger charge is -2.24. The summed E-state index contributed by atoms with van der Waals surface area (Å²) in [6, 6.07) is 8.89. The summed E-state index contributed by atoms with van der Waals surface area (Å²) in [5, 5.41) is 6.83. The lowest BCUT2D eigenvalue weighted by atomic mass is 10.0. The van der Waals surface area contributed by atoms with Crippen molar-refractivity contribution in [2.24, 2.45) is 0 Å². The smallest absolute Gasteiger partial charge is 0.357 e. The van der Waals surface area contributed by atoms with Crippen LogP contribution in [-0.2, 0) is 20.7 Å². The van der Waals surface area contributed by atoms with Crippen LogP contribution < -0.4 is 24.8 Å². The summed E-state index contributed by atoms with van der Waals surface area (Å²) >= 11 is 1.01. The number of methoxy groups -OCH3 is 2. The van der Waals surface area contributed by atoms with E-state index in [4.69, 9.17) is 14.2 Å². The third kappa shape index (κ3) is 4.83. The minimum absolute atomic E-state index is 0.0253. The Bertz CT molecular complexity index is 1410. The number of hydrogen-bond donors (Lipinski definition) is 2. The van der Waals surface area contributed by atoms with Crippen LogP contribution >= 0.6 is 11.3 Å². The van der Waals surface area contributed by atoms with Gasteiger partial charge < -0.3 is 29.6 Å². The van der Waals surface area contributed by atoms with Crippen LogP contribution in [0.3, 0.4) is 0 Å². The fourth-order valence-corrected chi connectivity index (χ4v) is 4.79. The van der Waals surface area contributed by atoms with E-state index in [-0.39, 0.29) is 24.0 Å². The number of nitrogens with zero attached hydrogens (tertiary/aromatic N) is 2. The fraction of sp³-hybridized carbons (Fsp3) is 0.240. The van der Waals surface area contributed by atoms with E-state index < -0.39 is 35.9 Å². The molecule has 196 valence electrons. The number of amides is 4. The van der Waals surface area contributed by atoms with Crippen LogP contribution in [-0.4, -0.2) is 60.8 Å². The van der Waals surface area contributed by atoms with Crippen LogP contribution in [0.4, 0.5) is 9.93 Å². The predicted molar refractivity (Wildman–Crippen MR) is 133 cm³/mol. The highest BCUT2D eigenvalue weighted by molar-refractivity contribution is 7.14. The molecule has 0 saturated carbocycles. The summed E-state index contributed by atoms with van der Waals surface area (Å²) in [5.74, 6) is -0.295. The van der Waals surface area contributed by atoms with Crippen molar-refractivity contribution >= 4 is 40.3 Å². The number of carbonyl (C=O) groups is 4. The third-order valence-corrected chi connectivity index (χ3v) is 6.79. The number of imide groups is 1. The van der Waals surface area contributed by atoms with E-state index in [0.717, 1.165) is 16.2 Å². The van der Waals surface area contributed by atoms with Crippen LogP contribution in [0.1, 0.15) is 27.7 Å². The van der Waals surface area contributed by atoms with Crippen LogP contribution in [0.5, 0.6) is 17.2 Å². The molecule has 1 aromatic heterocycles. The Morgan fingerprint density at radius 3 is 2.66 bits per heavy atom. The zero-order chi connectivity index (χ0) is 26.8. The standard InChI is InChI=1S/C25H22N4O8S/c1-34-15-6-3-13(4-7-15)9-17(21(30)28-24-26-16(11-38-24)23(32)35-2)29-22(31)20(27-25(29)33)14-5-8-18-19(10-14)37-12-36-18/h3-8,10-11,17,20H,9,12H2,1-2H3,(H,27,33)(H,26,28,30). The van der Waals surface area contributed by atoms with Crippen LogP contribution in [0.25, 0.3) is 0 Å². The minimum Gasteiger partial charge on any atom is -0.497 e. The van der Waals surface area contributed by atoms with Gasteiger partial charge in [0.1, 0.15) is 17.8 Å². The van der Waals surface area contributed by atoms with Crippen molar-refractivity contribution in [3.8, 4) is 17.2 Å². The molecule has 2 aliphatic rings. The normalized spacial score (nSPS) is 16.7. The third-order valence-electron chi connectivity index (χ3n) is 6.03. The van der Waals surface area contributed by atoms with Gasteiger partial charge in [-0.25, -0.2) is 19.5 Å². The molecular formula is C25H22N4O8S. The second kappa shape index (κ2) is 10.4. The van der Waals surface area contributed by atoms with Crippen molar-refractivity contribution < 1.29 is 38.1 Å². The van der Waals surface area contributed by atoms with Gasteiger partial charge in [-0.05, 0) is 35.4 Å². The van der Waals surface area contributed by atoms with Gasteiger partial charge in [-0.2, -0.15) is 0 Å². The summed E-state index contributed by atoms with van der Waals surface area (Å²) in [5.41, 5.74) is 1.20. The quantitative estimate of drug-likeness (QED) is 0.326. The molecule has 2 N–H and O–H groups in total. The molecule has 2 atom stereocenters. The zero-order valence-corrected chi connectivity index (χ0v) is 21.1. The van der Waals surface area contributed by atoms with Gasteiger partial charge in [-0.15, -0.1) is 11.3 Å². The van der Waals surface area contributed by atoms with Crippen molar-refractivity contribution in [2.45, 2.75) is 18.5 Å². The summed E-state index contributed by atoms with van der Waals surface area (Å²) in [6.07, 6.45) is 0.0259. The number of hydrogen-bond acceptors (Lipinski definition) is 10. The Hall–Kier alpha value is -4.65. The topological polar surface area (TPSA) is 145 Å². The number of thiazole rings is 1. The first kappa shape index (κ1) is 25.0. The number of benzene rings is 2. The second-order valence-corrected chi connectivity index (χ2v) is 9.15. The van der Waals surface area contributed by atoms with Crippen LogP contribution in [0.2, 0.25) is 0 Å². The van der Waals surface area contributed by atoms with E-state index in [1.165, 1.54) is 19.6 Å². The van der Waals surface area contributed by atoms with E-state index in [2.05, 4.69) is 20.4 Å². The number of esters is 1. The maximum atomic E-state index is 13.5. The first-order chi connectivity index (χ1) is 18.4. The highest BCUT2D eigenvalue weighted by Gasteiger charge is 2.45. The van der Waals surface area contributed by atoms with Gasteiger partial charge in [0.15, 0.2) is 22.3 Å². The summed E-state index contributed by atoms with van der Waals surface area (Å²) < 4.78 is 20.5. The lowest BCUT2D eigenvalue weighted by molar-refractivity contribution is -0.134. The Labute approximate surface area is 220 Å². The minimum atomic E-state index is -1.22. The second-order valence-electron chi connectivity index (χ2n) is 8.29. The molecule has 0 radical (unpaired) electrons. The molecule has 1 saturated heterocycles. The van der Waals surface area contributed by atoms with Crippen molar-refractivity contribution in [2.75, 3.05) is 26.3 Å². The van der Waals surface area contributed by atoms with E-state index in [1.54, 1.807) is 42.5 Å². The van der Waals surface area contributed by atoms with Gasteiger partial charge in [0.05, 0.1) is 14.2 Å². The van der Waals surface area contributed by atoms with Crippen LogP contribution in [0.15, 0.2) is 47.8 Å². The summed E-state index contributed by atoms with van der Waals surface area (Å²) in [7, 11) is 2.75. The molecule has 0 bridgehead atoms. The van der Waals surface area contributed by atoms with Crippen molar-refractivity contribution in [3.05, 3.63) is 64.7 Å². The summed E-state index contributed by atoms with van der Waals surface area (Å²) in [4.78, 5) is 56.8. The molecule has 4 amide bonds. The number of aromatic nitrogens is 1. The Balaban J connectivity index is 1.42. The molecule has 12 nitrogen and oxygen atoms in total. The van der Waals surface area contributed by atoms with Gasteiger partial charge in [0, 0.05) is 11.8 Å². The van der Waals surface area contributed by atoms with Gasteiger partial charge in [-0.3, -0.25) is 9.59 Å². The first-order valence-electron chi connectivity index (χ1n) is 11.4. The molecule has 13 heteroatoms. The predicted octanol–water partition coefficient (Wildman–Crippen LogP) is 2.51. The Kier molecular flexibility index (Phi) is 6.83. The number of carbonyl (C=O) groups excluding carboxylic acids is 4. The molecule has 38 heavy (non-hydrogen) atoms. The van der Waals surface area contributed by atoms with E-state index in [0.29, 0.717) is 28.4 Å². The number of fused-ring (bicyclic) bond motifs is 1. The number of ether oxygens (including phenoxy) is 4. The molecule has 2 aromatic carbocycles. The maximum Gasteiger partial charge on any atom is 0.357 e. The Morgan fingerprint density at radius 1 is 1.16 bits per heavy atom. The van der Waals surface area contributed by atoms with Gasteiger partial charge in [0.2, 0.25) is 12.7 Å². The maximum absolute atomic E-state index is 13.5. The van der Waals surface area contributed by atoms with Gasteiger partial charge in [-0.1, -0.05) is 18.2 Å². The molecule has 0 aliphatic carbocycles. The SMILES string of the molecule is COC(=O)c1csc(NC(=O)C(Cc2ccc(OC)cc2)N2C(=O)NC(c3ccc4c(c3)OCO4)C2=O)n1. The average Bonchev–Trinajstić information content (AvgIpc) is 3.66. The number of rotatable bonds is 8. The van der Waals surface area contributed by atoms with E-state index in [1.807, 2.05) is 0 Å². The van der Waals surface area contributed by atoms with Gasteiger partial charge in [0.25, 0.3) is 5.91 Å². The molecule has 5 rings (SSSR count). The van der Waals surface area contributed by atoms with Crippen molar-refractivity contribution in [1.82, 2.24) is 15.2 Å². The van der Waals surface area contributed by atoms with Crippen molar-refractivity contribution in [3.63, 3.8) is 0 Å². The monoisotopic (exact) mass is 538 g/mol. The highest BCUT2D eigenvalue weighted by atomic mass is 32.1. The average molecular weight is 539 g/mol. The Morgan fingerprint density at radius 2 is 1.92 bits per heavy atom. The number of urea groups is 1. The van der Waals surface area contributed by atoms with E-state index in [9.17, 15) is 19.2 Å². The fourth-order valence-electron chi connectivity index (χ4n) is 4.11. The van der Waals surface area contributed by atoms with Gasteiger partial charge >= 0.3 is 12.0 Å². The first-order valence-corrected chi connectivity index (χ1v) is 12.3.